The van der Waals surface area contributed by atoms with Crippen LogP contribution in [0.4, 0.5) is 0 Å². The van der Waals surface area contributed by atoms with E-state index in [-0.39, 0.29) is 0 Å². The Morgan fingerprint density at radius 1 is 0.429 bits per heavy atom. The molecule has 0 saturated heterocycles. The van der Waals surface area contributed by atoms with Gasteiger partial charge < -0.3 is 23.4 Å². The average molecular weight is 521 g/mol. The summed E-state index contributed by atoms with van der Waals surface area (Å²) in [4.78, 5) is 0. The third kappa shape index (κ3) is 30.3. The maximum atomic E-state index is 5.76. The topological polar surface area (TPSA) is 36.9 Å². The maximum absolute atomic E-state index is 5.76. The molecule has 0 radical (unpaired) electrons. The van der Waals surface area contributed by atoms with E-state index in [1.165, 1.54) is 96.4 Å². The van der Waals surface area contributed by atoms with E-state index in [1.54, 1.807) is 0 Å². The molecule has 0 aromatic heterocycles. The highest BCUT2D eigenvalue weighted by molar-refractivity contribution is 7.80. The number of hydrogen-bond acceptors (Lipinski definition) is 5. The fourth-order valence-electron chi connectivity index (χ4n) is 4.06. The van der Waals surface area contributed by atoms with E-state index in [4.69, 9.17) is 18.9 Å². The molecule has 212 valence electrons. The quantitative estimate of drug-likeness (QED) is 0.0633. The molecule has 0 amide bonds. The normalized spacial score (nSPS) is 12.0. The van der Waals surface area contributed by atoms with E-state index in [9.17, 15) is 0 Å². The lowest BCUT2D eigenvalue weighted by Gasteiger charge is -2.29. The lowest BCUT2D eigenvalue weighted by molar-refractivity contribution is -0.891. The minimum absolute atomic E-state index is 0.623. The van der Waals surface area contributed by atoms with Gasteiger partial charge in [0.1, 0.15) is 6.54 Å². The summed E-state index contributed by atoms with van der Waals surface area (Å²) in [6.07, 6.45) is 20.1. The van der Waals surface area contributed by atoms with Gasteiger partial charge in [-0.25, -0.2) is 0 Å². The molecule has 0 atom stereocenters. The summed E-state index contributed by atoms with van der Waals surface area (Å²) in [5.41, 5.74) is 0. The average Bonchev–Trinajstić information content (AvgIpc) is 2.84. The summed E-state index contributed by atoms with van der Waals surface area (Å²) in [6.45, 7) is 10.1. The van der Waals surface area contributed by atoms with Gasteiger partial charge in [-0.2, -0.15) is 12.6 Å². The van der Waals surface area contributed by atoms with Crippen molar-refractivity contribution in [1.29, 1.82) is 0 Å². The molecule has 0 fully saturated rings. The van der Waals surface area contributed by atoms with Crippen LogP contribution < -0.4 is 0 Å². The molecule has 0 spiro atoms. The van der Waals surface area contributed by atoms with E-state index >= 15 is 0 Å². The minimum atomic E-state index is 0.623. The fraction of sp³-hybridized carbons (Fsp3) is 1.00. The number of quaternary nitrogens is 1. The van der Waals surface area contributed by atoms with Crippen LogP contribution in [-0.4, -0.2) is 90.3 Å². The number of rotatable bonds is 30. The molecule has 0 heterocycles. The lowest BCUT2D eigenvalue weighted by atomic mass is 10.1. The molecule has 0 aliphatic rings. The SMILES string of the molecule is CCCCCCCC[N+](C)(C)CCOCCOCCOCCOCCCCCCCCCCCS. The molecule has 0 aliphatic heterocycles. The van der Waals surface area contributed by atoms with Crippen LogP contribution in [0.5, 0.6) is 0 Å². The van der Waals surface area contributed by atoms with Crippen molar-refractivity contribution in [1.82, 2.24) is 0 Å². The number of ether oxygens (including phenoxy) is 4. The summed E-state index contributed by atoms with van der Waals surface area (Å²) in [5.74, 6) is 1.03. The first kappa shape index (κ1) is 35.2. The molecule has 35 heavy (non-hydrogen) atoms. The van der Waals surface area contributed by atoms with Gasteiger partial charge in [0.15, 0.2) is 0 Å². The van der Waals surface area contributed by atoms with Gasteiger partial charge in [0.25, 0.3) is 0 Å². The van der Waals surface area contributed by atoms with Crippen molar-refractivity contribution in [2.75, 3.05) is 85.8 Å². The molecule has 0 saturated carbocycles. The van der Waals surface area contributed by atoms with Crippen LogP contribution in [0.3, 0.4) is 0 Å². The third-order valence-corrected chi connectivity index (χ3v) is 6.84. The molecule has 6 heteroatoms. The molecule has 0 rings (SSSR count). The molecular formula is C29H62NO4S+. The highest BCUT2D eigenvalue weighted by Gasteiger charge is 2.13. The fourth-order valence-corrected chi connectivity index (χ4v) is 4.28. The van der Waals surface area contributed by atoms with Crippen LogP contribution >= 0.6 is 12.6 Å². The van der Waals surface area contributed by atoms with Crippen molar-refractivity contribution in [2.24, 2.45) is 0 Å². The van der Waals surface area contributed by atoms with Crippen molar-refractivity contribution in [2.45, 2.75) is 103 Å². The molecule has 5 nitrogen and oxygen atoms in total. The Morgan fingerprint density at radius 3 is 1.34 bits per heavy atom. The Bertz CT molecular complexity index is 399. The first-order valence-corrected chi connectivity index (χ1v) is 15.5. The van der Waals surface area contributed by atoms with E-state index in [1.807, 2.05) is 0 Å². The zero-order chi connectivity index (χ0) is 25.7. The highest BCUT2D eigenvalue weighted by Crippen LogP contribution is 2.10. The van der Waals surface area contributed by atoms with Gasteiger partial charge in [-0.15, -0.1) is 0 Å². The summed E-state index contributed by atoms with van der Waals surface area (Å²) >= 11 is 4.26. The second-order valence-electron chi connectivity index (χ2n) is 10.5. The second-order valence-corrected chi connectivity index (χ2v) is 11.0. The highest BCUT2D eigenvalue weighted by atomic mass is 32.1. The Hall–Kier alpha value is 0.150. The summed E-state index contributed by atoms with van der Waals surface area (Å²) in [6, 6.07) is 0. The van der Waals surface area contributed by atoms with E-state index in [0.717, 1.165) is 36.4 Å². The Balaban J connectivity index is 3.19. The van der Waals surface area contributed by atoms with E-state index in [0.29, 0.717) is 39.6 Å². The smallest absolute Gasteiger partial charge is 0.102 e. The standard InChI is InChI=1S/C29H61NO4S/c1-4-5-6-7-13-16-19-30(2,3)20-22-32-24-26-34-28-27-33-25-23-31-21-17-14-11-9-8-10-12-15-18-29-35/h4-29H2,1-3H3/p+1. The van der Waals surface area contributed by atoms with Gasteiger partial charge >= 0.3 is 0 Å². The van der Waals surface area contributed by atoms with Crippen molar-refractivity contribution < 1.29 is 23.4 Å². The zero-order valence-corrected chi connectivity index (χ0v) is 24.8. The van der Waals surface area contributed by atoms with Crippen LogP contribution in [0.1, 0.15) is 103 Å². The van der Waals surface area contributed by atoms with Crippen LogP contribution in [0.15, 0.2) is 0 Å². The number of thiol groups is 1. The number of nitrogens with zero attached hydrogens (tertiary/aromatic N) is 1. The maximum Gasteiger partial charge on any atom is 0.102 e. The molecule has 0 aliphatic carbocycles. The van der Waals surface area contributed by atoms with Crippen molar-refractivity contribution in [3.8, 4) is 0 Å². The van der Waals surface area contributed by atoms with E-state index < -0.39 is 0 Å². The number of hydrogen-bond donors (Lipinski definition) is 1. The number of likely N-dealkylation sites (N-methyl/N-ethyl adjacent to an activating group) is 1. The summed E-state index contributed by atoms with van der Waals surface area (Å²) in [5, 5.41) is 0. The first-order chi connectivity index (χ1) is 17.1. The van der Waals surface area contributed by atoms with Gasteiger partial charge in [-0.1, -0.05) is 77.6 Å². The van der Waals surface area contributed by atoms with Crippen molar-refractivity contribution >= 4 is 12.6 Å². The van der Waals surface area contributed by atoms with Crippen LogP contribution in [0.2, 0.25) is 0 Å². The monoisotopic (exact) mass is 520 g/mol. The third-order valence-electron chi connectivity index (χ3n) is 6.52. The molecular weight excluding hydrogens is 458 g/mol. The van der Waals surface area contributed by atoms with Gasteiger partial charge in [-0.05, 0) is 31.4 Å². The summed E-state index contributed by atoms with van der Waals surface area (Å²) in [7, 11) is 4.62. The molecule has 0 aromatic rings. The lowest BCUT2D eigenvalue weighted by Crippen LogP contribution is -2.43. The largest absolute Gasteiger partial charge is 0.379 e. The Kier molecular flexibility index (Phi) is 28.8. The van der Waals surface area contributed by atoms with E-state index in [2.05, 4.69) is 33.6 Å². The molecule has 0 N–H and O–H groups in total. The Labute approximate surface area is 225 Å². The predicted molar refractivity (Wildman–Crippen MR) is 154 cm³/mol. The van der Waals surface area contributed by atoms with Crippen LogP contribution in [0.25, 0.3) is 0 Å². The van der Waals surface area contributed by atoms with Gasteiger partial charge in [-0.3, -0.25) is 0 Å². The Morgan fingerprint density at radius 2 is 0.829 bits per heavy atom. The van der Waals surface area contributed by atoms with Gasteiger partial charge in [0, 0.05) is 6.61 Å². The zero-order valence-electron chi connectivity index (χ0n) is 23.9. The minimum Gasteiger partial charge on any atom is -0.379 e. The van der Waals surface area contributed by atoms with Crippen LogP contribution in [0, 0.1) is 0 Å². The summed E-state index contributed by atoms with van der Waals surface area (Å²) < 4.78 is 23.6. The van der Waals surface area contributed by atoms with Gasteiger partial charge in [0.05, 0.1) is 66.9 Å². The van der Waals surface area contributed by atoms with Crippen LogP contribution in [-0.2, 0) is 18.9 Å². The first-order valence-electron chi connectivity index (χ1n) is 14.9. The molecule has 0 bridgehead atoms. The molecule has 0 aromatic carbocycles. The number of unbranched alkanes of at least 4 members (excludes halogenated alkanes) is 13. The van der Waals surface area contributed by atoms with Crippen molar-refractivity contribution in [3.63, 3.8) is 0 Å². The van der Waals surface area contributed by atoms with Crippen molar-refractivity contribution in [3.05, 3.63) is 0 Å². The second kappa shape index (κ2) is 28.7. The molecule has 0 unspecified atom stereocenters. The van der Waals surface area contributed by atoms with Gasteiger partial charge in [0.2, 0.25) is 0 Å². The predicted octanol–water partition coefficient (Wildman–Crippen LogP) is 6.93.